The van der Waals surface area contributed by atoms with Crippen LogP contribution in [0.1, 0.15) is 0 Å². The van der Waals surface area contributed by atoms with E-state index in [4.69, 9.17) is 12.2 Å². The number of aliphatic imine (C=N–C) groups is 1. The number of nitrogens with one attached hydrogen (secondary N) is 4. The summed E-state index contributed by atoms with van der Waals surface area (Å²) in [5.74, 6) is 0.121. The number of amidine groups is 1. The van der Waals surface area contributed by atoms with Gasteiger partial charge in [0.1, 0.15) is 0 Å². The molecule has 1 aliphatic rings. The molecule has 0 saturated carbocycles. The molecule has 0 atom stereocenters. The third-order valence-electron chi connectivity index (χ3n) is 2.33. The molecule has 0 saturated heterocycles. The van der Waals surface area contributed by atoms with Crippen LogP contribution in [0.2, 0.25) is 0 Å². The van der Waals surface area contributed by atoms with E-state index in [1.807, 2.05) is 30.3 Å². The number of para-hydroxylation sites is 1. The van der Waals surface area contributed by atoms with Gasteiger partial charge >= 0.3 is 0 Å². The van der Waals surface area contributed by atoms with Crippen molar-refractivity contribution in [3.05, 3.63) is 30.3 Å². The Hall–Kier alpha value is -1.80. The molecular weight excluding hydrogens is 294 g/mol. The Bertz CT molecular complexity index is 506. The van der Waals surface area contributed by atoms with Gasteiger partial charge in [0.25, 0.3) is 0 Å². The minimum Gasteiger partial charge on any atom is -0.363 e. The Balaban J connectivity index is 1.64. The van der Waals surface area contributed by atoms with Gasteiger partial charge in [0, 0.05) is 12.2 Å². The molecule has 4 N–H and O–H groups in total. The summed E-state index contributed by atoms with van der Waals surface area (Å²) in [5, 5.41) is 7.19. The summed E-state index contributed by atoms with van der Waals surface area (Å²) in [7, 11) is 0. The maximum absolute atomic E-state index is 11.6. The quantitative estimate of drug-likeness (QED) is 0.486. The van der Waals surface area contributed by atoms with Crippen LogP contribution in [-0.4, -0.2) is 35.0 Å². The molecule has 0 bridgehead atoms. The number of hydrogen-bond donors (Lipinski definition) is 4. The van der Waals surface area contributed by atoms with Crippen molar-refractivity contribution in [1.29, 1.82) is 0 Å². The number of hydrogen-bond acceptors (Lipinski definition) is 5. The number of rotatable bonds is 3. The Morgan fingerprint density at radius 1 is 1.35 bits per heavy atom. The lowest BCUT2D eigenvalue weighted by molar-refractivity contribution is -0.119. The van der Waals surface area contributed by atoms with Gasteiger partial charge in [-0.3, -0.25) is 20.6 Å². The lowest BCUT2D eigenvalue weighted by atomic mass is 10.3. The van der Waals surface area contributed by atoms with Crippen LogP contribution in [0.4, 0.5) is 5.69 Å². The van der Waals surface area contributed by atoms with Crippen molar-refractivity contribution >= 4 is 45.9 Å². The molecule has 0 unspecified atom stereocenters. The van der Waals surface area contributed by atoms with Crippen LogP contribution in [0.5, 0.6) is 0 Å². The predicted octanol–water partition coefficient (Wildman–Crippen LogP) is 0.697. The van der Waals surface area contributed by atoms with Crippen molar-refractivity contribution in [2.24, 2.45) is 4.99 Å². The van der Waals surface area contributed by atoms with Crippen LogP contribution in [-0.2, 0) is 4.79 Å². The molecule has 1 aromatic carbocycles. The Morgan fingerprint density at radius 3 is 2.85 bits per heavy atom. The molecule has 1 aliphatic heterocycles. The van der Waals surface area contributed by atoms with E-state index in [1.54, 1.807) is 0 Å². The average molecular weight is 309 g/mol. The molecule has 1 amide bonds. The number of thiocarbonyl (C=S) groups is 1. The van der Waals surface area contributed by atoms with Gasteiger partial charge in [-0.1, -0.05) is 30.0 Å². The van der Waals surface area contributed by atoms with E-state index >= 15 is 0 Å². The lowest BCUT2D eigenvalue weighted by Gasteiger charge is -2.11. The van der Waals surface area contributed by atoms with Crippen molar-refractivity contribution < 1.29 is 4.79 Å². The topological polar surface area (TPSA) is 77.5 Å². The highest BCUT2D eigenvalue weighted by Crippen LogP contribution is 2.05. The lowest BCUT2D eigenvalue weighted by Crippen LogP contribution is -2.44. The van der Waals surface area contributed by atoms with Crippen molar-refractivity contribution in [2.75, 3.05) is 24.2 Å². The summed E-state index contributed by atoms with van der Waals surface area (Å²) in [6.45, 7) is 1.61. The van der Waals surface area contributed by atoms with E-state index in [0.29, 0.717) is 5.11 Å². The first-order valence-corrected chi connectivity index (χ1v) is 7.45. The SMILES string of the molecule is O=C(CSC1=NCCN1)NNC(=S)Nc1ccccc1. The molecule has 2 rings (SSSR count). The van der Waals surface area contributed by atoms with E-state index in [9.17, 15) is 4.79 Å². The summed E-state index contributed by atoms with van der Waals surface area (Å²) in [4.78, 5) is 15.8. The molecular formula is C12H15N5OS2. The number of anilines is 1. The van der Waals surface area contributed by atoms with Crippen molar-refractivity contribution in [3.63, 3.8) is 0 Å². The summed E-state index contributed by atoms with van der Waals surface area (Å²) in [5.41, 5.74) is 6.04. The van der Waals surface area contributed by atoms with Crippen LogP contribution in [0.3, 0.4) is 0 Å². The molecule has 0 aliphatic carbocycles. The minimum atomic E-state index is -0.163. The molecule has 1 heterocycles. The standard InChI is InChI=1S/C12H15N5OS2/c18-10(8-20-12-13-6-7-14-12)16-17-11(19)15-9-4-2-1-3-5-9/h1-5H,6-8H2,(H,13,14)(H,16,18)(H2,15,17,19). The largest absolute Gasteiger partial charge is 0.363 e. The van der Waals surface area contributed by atoms with Crippen LogP contribution >= 0.6 is 24.0 Å². The molecule has 0 radical (unpaired) electrons. The third-order valence-corrected chi connectivity index (χ3v) is 3.49. The highest BCUT2D eigenvalue weighted by atomic mass is 32.2. The molecule has 20 heavy (non-hydrogen) atoms. The van der Waals surface area contributed by atoms with E-state index in [0.717, 1.165) is 23.9 Å². The zero-order chi connectivity index (χ0) is 14.2. The van der Waals surface area contributed by atoms with Gasteiger partial charge in [-0.15, -0.1) is 0 Å². The van der Waals surface area contributed by atoms with Gasteiger partial charge in [0.15, 0.2) is 10.3 Å². The molecule has 8 heteroatoms. The first-order chi connectivity index (χ1) is 9.74. The summed E-state index contributed by atoms with van der Waals surface area (Å²) in [6.07, 6.45) is 0. The highest BCUT2D eigenvalue weighted by Gasteiger charge is 2.09. The van der Waals surface area contributed by atoms with Crippen LogP contribution in [0, 0.1) is 0 Å². The van der Waals surface area contributed by atoms with E-state index < -0.39 is 0 Å². The fraction of sp³-hybridized carbons (Fsp3) is 0.250. The fourth-order valence-corrected chi connectivity index (χ4v) is 2.35. The van der Waals surface area contributed by atoms with E-state index in [2.05, 4.69) is 26.5 Å². The van der Waals surface area contributed by atoms with Crippen molar-refractivity contribution in [1.82, 2.24) is 16.2 Å². The first-order valence-electron chi connectivity index (χ1n) is 6.06. The number of benzene rings is 1. The second-order valence-electron chi connectivity index (χ2n) is 3.90. The zero-order valence-corrected chi connectivity index (χ0v) is 12.3. The number of amides is 1. The normalized spacial score (nSPS) is 13.1. The molecule has 0 aromatic heterocycles. The highest BCUT2D eigenvalue weighted by molar-refractivity contribution is 8.14. The summed E-state index contributed by atoms with van der Waals surface area (Å²) >= 11 is 6.44. The van der Waals surface area contributed by atoms with Crippen molar-refractivity contribution in [2.45, 2.75) is 0 Å². The van der Waals surface area contributed by atoms with Crippen LogP contribution < -0.4 is 21.5 Å². The maximum Gasteiger partial charge on any atom is 0.248 e. The summed E-state index contributed by atoms with van der Waals surface area (Å²) in [6, 6.07) is 9.48. The number of thioether (sulfide) groups is 1. The average Bonchev–Trinajstić information content (AvgIpc) is 2.97. The Kier molecular flexibility index (Phi) is 5.63. The Labute approximate surface area is 126 Å². The van der Waals surface area contributed by atoms with Crippen molar-refractivity contribution in [3.8, 4) is 0 Å². The third kappa shape index (κ3) is 5.06. The number of hydrazine groups is 1. The number of nitrogens with zero attached hydrogens (tertiary/aromatic N) is 1. The molecule has 6 nitrogen and oxygen atoms in total. The number of carbonyl (C=O) groups excluding carboxylic acids is 1. The fourth-order valence-electron chi connectivity index (χ4n) is 1.45. The van der Waals surface area contributed by atoms with Gasteiger partial charge < -0.3 is 10.6 Å². The van der Waals surface area contributed by atoms with E-state index in [1.165, 1.54) is 11.8 Å². The monoisotopic (exact) mass is 309 g/mol. The second kappa shape index (κ2) is 7.71. The molecule has 106 valence electrons. The van der Waals surface area contributed by atoms with Gasteiger partial charge in [0.05, 0.1) is 12.3 Å². The van der Waals surface area contributed by atoms with Crippen LogP contribution in [0.15, 0.2) is 35.3 Å². The number of carbonyl (C=O) groups is 1. The van der Waals surface area contributed by atoms with Gasteiger partial charge in [-0.05, 0) is 24.4 Å². The molecule has 0 fully saturated rings. The minimum absolute atomic E-state index is 0.163. The maximum atomic E-state index is 11.6. The second-order valence-corrected chi connectivity index (χ2v) is 5.27. The van der Waals surface area contributed by atoms with Gasteiger partial charge in [-0.2, -0.15) is 0 Å². The molecule has 0 spiro atoms. The first kappa shape index (κ1) is 14.6. The molecule has 1 aromatic rings. The predicted molar refractivity (Wildman–Crippen MR) is 86.7 cm³/mol. The van der Waals surface area contributed by atoms with Crippen LogP contribution in [0.25, 0.3) is 0 Å². The Morgan fingerprint density at radius 2 is 2.15 bits per heavy atom. The zero-order valence-electron chi connectivity index (χ0n) is 10.7. The van der Waals surface area contributed by atoms with Gasteiger partial charge in [0.2, 0.25) is 5.91 Å². The smallest absolute Gasteiger partial charge is 0.248 e. The summed E-state index contributed by atoms with van der Waals surface area (Å²) < 4.78 is 0. The van der Waals surface area contributed by atoms with Gasteiger partial charge in [-0.25, -0.2) is 0 Å². The van der Waals surface area contributed by atoms with E-state index in [-0.39, 0.29) is 11.7 Å².